The number of hydrogen-bond donors (Lipinski definition) is 1. The number of ether oxygens (including phenoxy) is 2. The highest BCUT2D eigenvalue weighted by molar-refractivity contribution is 6.16. The molecule has 1 amide bonds. The first-order chi connectivity index (χ1) is 15.5. The monoisotopic (exact) mass is 435 g/mol. The van der Waals surface area contributed by atoms with Gasteiger partial charge in [-0.05, 0) is 31.0 Å². The molecule has 2 aromatic carbocycles. The van der Waals surface area contributed by atoms with Gasteiger partial charge in [0.1, 0.15) is 0 Å². The van der Waals surface area contributed by atoms with Crippen LogP contribution in [-0.4, -0.2) is 49.1 Å². The van der Waals surface area contributed by atoms with Gasteiger partial charge in [-0.15, -0.1) is 0 Å². The SMILES string of the molecule is COCCCN1C(=O)C(O)=C(C(=O)c2cc3cccc(OC)c3o2)C1c1ccc(C)cc1. The van der Waals surface area contributed by atoms with Crippen LogP contribution in [0, 0.1) is 6.92 Å². The van der Waals surface area contributed by atoms with Gasteiger partial charge in [0.15, 0.2) is 22.9 Å². The van der Waals surface area contributed by atoms with E-state index < -0.39 is 23.5 Å². The number of carbonyl (C=O) groups excluding carboxylic acids is 2. The fourth-order valence-electron chi connectivity index (χ4n) is 4.03. The fraction of sp³-hybridized carbons (Fsp3) is 0.280. The molecule has 7 heteroatoms. The highest BCUT2D eigenvalue weighted by Gasteiger charge is 2.44. The zero-order chi connectivity index (χ0) is 22.8. The van der Waals surface area contributed by atoms with Gasteiger partial charge in [0.05, 0.1) is 18.7 Å². The molecule has 3 aromatic rings. The van der Waals surface area contributed by atoms with E-state index in [2.05, 4.69) is 0 Å². The molecular formula is C25H25NO6. The Hall–Kier alpha value is -3.58. The van der Waals surface area contributed by atoms with Crippen LogP contribution in [0.1, 0.15) is 34.1 Å². The number of hydrogen-bond acceptors (Lipinski definition) is 6. The van der Waals surface area contributed by atoms with Crippen molar-refractivity contribution in [3.05, 3.63) is 76.8 Å². The largest absolute Gasteiger partial charge is 0.503 e. The molecule has 1 aliphatic rings. The van der Waals surface area contributed by atoms with Crippen LogP contribution < -0.4 is 4.74 Å². The third kappa shape index (κ3) is 3.76. The van der Waals surface area contributed by atoms with Crippen LogP contribution in [0.25, 0.3) is 11.0 Å². The maximum Gasteiger partial charge on any atom is 0.290 e. The van der Waals surface area contributed by atoms with Gasteiger partial charge in [0, 0.05) is 25.6 Å². The van der Waals surface area contributed by atoms with E-state index in [0.29, 0.717) is 36.3 Å². The second-order valence-corrected chi connectivity index (χ2v) is 7.74. The van der Waals surface area contributed by atoms with Crippen LogP contribution >= 0.6 is 0 Å². The number of amides is 1. The van der Waals surface area contributed by atoms with Gasteiger partial charge in [-0.25, -0.2) is 0 Å². The number of nitrogens with zero attached hydrogens (tertiary/aromatic N) is 1. The van der Waals surface area contributed by atoms with Crippen molar-refractivity contribution in [3.8, 4) is 5.75 Å². The smallest absolute Gasteiger partial charge is 0.290 e. The summed E-state index contributed by atoms with van der Waals surface area (Å²) in [5.74, 6) is -1.13. The average Bonchev–Trinajstić information content (AvgIpc) is 3.34. The molecule has 0 saturated carbocycles. The van der Waals surface area contributed by atoms with Gasteiger partial charge in [0.25, 0.3) is 5.91 Å². The molecule has 0 fully saturated rings. The number of benzene rings is 2. The van der Waals surface area contributed by atoms with E-state index >= 15 is 0 Å². The van der Waals surface area contributed by atoms with Crippen LogP contribution in [0.2, 0.25) is 0 Å². The zero-order valence-corrected chi connectivity index (χ0v) is 18.3. The summed E-state index contributed by atoms with van der Waals surface area (Å²) in [5, 5.41) is 11.4. The number of ketones is 1. The van der Waals surface area contributed by atoms with E-state index in [1.807, 2.05) is 31.2 Å². The molecule has 0 saturated heterocycles. The molecule has 1 aliphatic heterocycles. The number of aliphatic hydroxyl groups is 1. The van der Waals surface area contributed by atoms with E-state index in [9.17, 15) is 14.7 Å². The molecule has 1 unspecified atom stereocenters. The maximum atomic E-state index is 13.5. The molecule has 4 rings (SSSR count). The topological polar surface area (TPSA) is 89.2 Å². The number of furan rings is 1. The first-order valence-corrected chi connectivity index (χ1v) is 10.4. The quantitative estimate of drug-likeness (QED) is 0.418. The third-order valence-corrected chi connectivity index (χ3v) is 5.64. The molecule has 1 atom stereocenters. The van der Waals surface area contributed by atoms with Crippen molar-refractivity contribution in [1.29, 1.82) is 0 Å². The summed E-state index contributed by atoms with van der Waals surface area (Å²) in [6.45, 7) is 2.75. The number of Topliss-reactive ketones (excluding diaryl/α,β-unsaturated/α-hetero) is 1. The predicted molar refractivity (Wildman–Crippen MR) is 119 cm³/mol. The third-order valence-electron chi connectivity index (χ3n) is 5.64. The number of aliphatic hydroxyl groups excluding tert-OH is 1. The molecule has 2 heterocycles. The molecule has 7 nitrogen and oxygen atoms in total. The lowest BCUT2D eigenvalue weighted by molar-refractivity contribution is -0.129. The molecule has 0 radical (unpaired) electrons. The minimum atomic E-state index is -0.720. The molecule has 0 spiro atoms. The van der Waals surface area contributed by atoms with Crippen LogP contribution in [0.4, 0.5) is 0 Å². The number of fused-ring (bicyclic) bond motifs is 1. The molecule has 1 N–H and O–H groups in total. The Morgan fingerprint density at radius 3 is 2.59 bits per heavy atom. The summed E-state index contributed by atoms with van der Waals surface area (Å²) in [5.41, 5.74) is 2.23. The Balaban J connectivity index is 1.78. The Kier molecular flexibility index (Phi) is 6.01. The van der Waals surface area contributed by atoms with E-state index in [-0.39, 0.29) is 11.3 Å². The summed E-state index contributed by atoms with van der Waals surface area (Å²) in [6.07, 6.45) is 0.571. The minimum absolute atomic E-state index is 0.00860. The second kappa shape index (κ2) is 8.88. The van der Waals surface area contributed by atoms with Crippen LogP contribution in [-0.2, 0) is 9.53 Å². The normalized spacial score (nSPS) is 16.3. The van der Waals surface area contributed by atoms with Gasteiger partial charge in [-0.3, -0.25) is 9.59 Å². The summed E-state index contributed by atoms with van der Waals surface area (Å²) in [6, 6.07) is 13.8. The van der Waals surface area contributed by atoms with Gasteiger partial charge in [-0.1, -0.05) is 42.0 Å². The van der Waals surface area contributed by atoms with Crippen molar-refractivity contribution in [2.45, 2.75) is 19.4 Å². The van der Waals surface area contributed by atoms with Crippen molar-refractivity contribution in [2.24, 2.45) is 0 Å². The number of aryl methyl sites for hydroxylation is 1. The highest BCUT2D eigenvalue weighted by atomic mass is 16.5. The average molecular weight is 435 g/mol. The lowest BCUT2D eigenvalue weighted by atomic mass is 9.94. The Morgan fingerprint density at radius 1 is 1.16 bits per heavy atom. The number of rotatable bonds is 8. The van der Waals surface area contributed by atoms with Crippen molar-refractivity contribution < 1.29 is 28.6 Å². The lowest BCUT2D eigenvalue weighted by Gasteiger charge is -2.26. The number of para-hydroxylation sites is 1. The van der Waals surface area contributed by atoms with Crippen molar-refractivity contribution in [1.82, 2.24) is 4.90 Å². The van der Waals surface area contributed by atoms with Crippen molar-refractivity contribution >= 4 is 22.7 Å². The van der Waals surface area contributed by atoms with Crippen LogP contribution in [0.5, 0.6) is 5.75 Å². The van der Waals surface area contributed by atoms with Crippen LogP contribution in [0.3, 0.4) is 0 Å². The van der Waals surface area contributed by atoms with Gasteiger partial charge in [-0.2, -0.15) is 0 Å². The van der Waals surface area contributed by atoms with Gasteiger partial charge < -0.3 is 23.9 Å². The summed E-state index contributed by atoms with van der Waals surface area (Å²) < 4.78 is 16.2. The first kappa shape index (κ1) is 21.6. The zero-order valence-electron chi connectivity index (χ0n) is 18.3. The highest BCUT2D eigenvalue weighted by Crippen LogP contribution is 2.40. The molecule has 32 heavy (non-hydrogen) atoms. The molecule has 1 aromatic heterocycles. The fourth-order valence-corrected chi connectivity index (χ4v) is 4.03. The van der Waals surface area contributed by atoms with Crippen molar-refractivity contribution in [3.63, 3.8) is 0 Å². The van der Waals surface area contributed by atoms with E-state index in [0.717, 1.165) is 11.1 Å². The molecule has 166 valence electrons. The predicted octanol–water partition coefficient (Wildman–Crippen LogP) is 4.36. The van der Waals surface area contributed by atoms with Crippen LogP contribution in [0.15, 0.2) is 64.3 Å². The molecular weight excluding hydrogens is 410 g/mol. The lowest BCUT2D eigenvalue weighted by Crippen LogP contribution is -2.32. The van der Waals surface area contributed by atoms with Gasteiger partial charge in [0.2, 0.25) is 5.78 Å². The van der Waals surface area contributed by atoms with E-state index in [4.69, 9.17) is 13.9 Å². The Labute approximate surface area is 185 Å². The number of carbonyl (C=O) groups is 2. The maximum absolute atomic E-state index is 13.5. The summed E-state index contributed by atoms with van der Waals surface area (Å²) in [4.78, 5) is 28.0. The first-order valence-electron chi connectivity index (χ1n) is 10.4. The van der Waals surface area contributed by atoms with Gasteiger partial charge >= 0.3 is 0 Å². The Morgan fingerprint density at radius 2 is 1.91 bits per heavy atom. The summed E-state index contributed by atoms with van der Waals surface area (Å²) >= 11 is 0. The Bertz CT molecular complexity index is 1190. The van der Waals surface area contributed by atoms with Crippen molar-refractivity contribution in [2.75, 3.05) is 27.4 Å². The molecule has 0 bridgehead atoms. The second-order valence-electron chi connectivity index (χ2n) is 7.74. The molecule has 0 aliphatic carbocycles. The number of methoxy groups -OCH3 is 2. The standard InChI is InChI=1S/C25H25NO6/c1-15-8-10-16(11-9-15)21-20(23(28)25(29)26(21)12-5-13-30-2)22(27)19-14-17-6-4-7-18(31-3)24(17)32-19/h4,6-11,14,21,28H,5,12-13H2,1-3H3. The van der Waals surface area contributed by atoms with E-state index in [1.165, 1.54) is 12.0 Å². The van der Waals surface area contributed by atoms with E-state index in [1.54, 1.807) is 31.4 Å². The minimum Gasteiger partial charge on any atom is -0.503 e. The summed E-state index contributed by atoms with van der Waals surface area (Å²) in [7, 11) is 3.11.